The van der Waals surface area contributed by atoms with Crippen molar-refractivity contribution in [2.45, 2.75) is 26.2 Å². The van der Waals surface area contributed by atoms with Crippen LogP contribution in [-0.4, -0.2) is 152 Å². The van der Waals surface area contributed by atoms with Gasteiger partial charge < -0.3 is 40.2 Å². The molecular formula is C10H34B4F4N6O8S2. The molecule has 2 rings (SSSR count). The van der Waals surface area contributed by atoms with Crippen LogP contribution in [0.25, 0.3) is 0 Å². The van der Waals surface area contributed by atoms with Crippen molar-refractivity contribution in [2.24, 2.45) is 0 Å². The van der Waals surface area contributed by atoms with Gasteiger partial charge in [0.2, 0.25) is 0 Å². The van der Waals surface area contributed by atoms with Crippen LogP contribution in [-0.2, 0) is 0 Å². The molecule has 0 saturated carbocycles. The normalized spacial score (nSPS) is 21.2. The number of thiol groups is 2. The molecule has 2 fully saturated rings. The summed E-state index contributed by atoms with van der Waals surface area (Å²) >= 11 is 8.45. The Labute approximate surface area is 209 Å². The fourth-order valence-electron chi connectivity index (χ4n) is 1.79. The van der Waals surface area contributed by atoms with Crippen LogP contribution in [0, 0.1) is 0 Å². The Balaban J connectivity index is -0.000000168. The van der Waals surface area contributed by atoms with Gasteiger partial charge in [-0.2, -0.15) is 8.83 Å². The highest BCUT2D eigenvalue weighted by molar-refractivity contribution is 7.77. The maximum Gasteiger partial charge on any atom is 0.674 e. The van der Waals surface area contributed by atoms with Crippen LogP contribution in [0.4, 0.5) is 17.3 Å². The SMILES string of the molecule is CC1N(C)CN(S)N1C.CC1N(C)CN(S)N1C.OB(O)F.OB(O)F.OB(O)F.OB(O)F. The summed E-state index contributed by atoms with van der Waals surface area (Å²) in [6, 6.07) is 0. The summed E-state index contributed by atoms with van der Waals surface area (Å²) in [6.45, 7) is 6.11. The summed E-state index contributed by atoms with van der Waals surface area (Å²) in [5.41, 5.74) is 0. The molecule has 2 aliphatic heterocycles. The van der Waals surface area contributed by atoms with E-state index in [0.717, 1.165) is 13.3 Å². The molecule has 2 heterocycles. The van der Waals surface area contributed by atoms with E-state index in [9.17, 15) is 17.3 Å². The zero-order chi connectivity index (χ0) is 28.3. The average molecular weight is 550 g/mol. The van der Waals surface area contributed by atoms with Crippen LogP contribution in [0.15, 0.2) is 0 Å². The van der Waals surface area contributed by atoms with E-state index in [-0.39, 0.29) is 0 Å². The number of hydrogen-bond donors (Lipinski definition) is 10. The average Bonchev–Trinajstić information content (AvgIpc) is 2.97. The second-order valence-electron chi connectivity index (χ2n) is 6.20. The largest absolute Gasteiger partial charge is 0.674 e. The minimum absolute atomic E-state index is 0.475. The van der Waals surface area contributed by atoms with Gasteiger partial charge in [0.15, 0.2) is 0 Å². The first-order valence-electron chi connectivity index (χ1n) is 8.98. The predicted molar refractivity (Wildman–Crippen MR) is 127 cm³/mol. The lowest BCUT2D eigenvalue weighted by Gasteiger charge is -2.20. The lowest BCUT2D eigenvalue weighted by Crippen LogP contribution is -2.33. The van der Waals surface area contributed by atoms with Gasteiger partial charge in [-0.1, -0.05) is 25.6 Å². The van der Waals surface area contributed by atoms with Gasteiger partial charge in [-0.05, 0) is 27.9 Å². The van der Waals surface area contributed by atoms with Crippen LogP contribution in [0.1, 0.15) is 13.8 Å². The lowest BCUT2D eigenvalue weighted by molar-refractivity contribution is 0.122. The Kier molecular flexibility index (Phi) is 28.5. The maximum atomic E-state index is 10.1. The van der Waals surface area contributed by atoms with Gasteiger partial charge in [0, 0.05) is 14.1 Å². The van der Waals surface area contributed by atoms with E-state index in [1.165, 1.54) is 0 Å². The Morgan fingerprint density at radius 2 is 0.706 bits per heavy atom. The number of hydrazine groups is 2. The first-order chi connectivity index (χ1) is 15.2. The van der Waals surface area contributed by atoms with Gasteiger partial charge in [0.1, 0.15) is 0 Å². The third-order valence-electron chi connectivity index (χ3n) is 3.78. The molecule has 204 valence electrons. The highest BCUT2D eigenvalue weighted by Gasteiger charge is 2.27. The molecule has 0 aromatic heterocycles. The molecule has 0 amide bonds. The standard InChI is InChI=1S/2C5H13N3S.4BFH2O2/c2*1-5-6(2)4-8(9)7(5)3;4*2-1(3)4/h2*5,9H,4H2,1-3H3;4*3-4H. The molecule has 24 heteroatoms. The van der Waals surface area contributed by atoms with E-state index in [2.05, 4.69) is 73.4 Å². The van der Waals surface area contributed by atoms with Crippen LogP contribution in [0.3, 0.4) is 0 Å². The maximum absolute atomic E-state index is 10.1. The Morgan fingerprint density at radius 3 is 0.735 bits per heavy atom. The van der Waals surface area contributed by atoms with E-state index in [1.807, 2.05) is 22.9 Å². The minimum atomic E-state index is -2.67. The van der Waals surface area contributed by atoms with Gasteiger partial charge in [-0.25, -0.2) is 10.0 Å². The summed E-state index contributed by atoms with van der Waals surface area (Å²) in [5, 5.41) is 59.7. The predicted octanol–water partition coefficient (Wildman–Crippen LogP) is -3.84. The van der Waals surface area contributed by atoms with Crippen molar-refractivity contribution in [1.82, 2.24) is 28.6 Å². The van der Waals surface area contributed by atoms with Crippen molar-refractivity contribution >= 4 is 55.2 Å². The van der Waals surface area contributed by atoms with E-state index >= 15 is 0 Å². The van der Waals surface area contributed by atoms with Gasteiger partial charge in [-0.3, -0.25) is 27.1 Å². The van der Waals surface area contributed by atoms with Crippen LogP contribution in [0.2, 0.25) is 0 Å². The summed E-state index contributed by atoms with van der Waals surface area (Å²) in [6.07, 6.45) is 0.949. The number of rotatable bonds is 0. The minimum Gasteiger partial charge on any atom is -0.398 e. The van der Waals surface area contributed by atoms with Gasteiger partial charge in [-0.15, -0.1) is 0 Å². The summed E-state index contributed by atoms with van der Waals surface area (Å²) < 4.78 is 44.2. The second kappa shape index (κ2) is 23.5. The molecule has 0 radical (unpaired) electrons. The fraction of sp³-hybridized carbons (Fsp3) is 1.00. The highest BCUT2D eigenvalue weighted by atomic mass is 32.1. The van der Waals surface area contributed by atoms with E-state index in [0.29, 0.717) is 12.3 Å². The van der Waals surface area contributed by atoms with Gasteiger partial charge in [0.25, 0.3) is 0 Å². The Morgan fingerprint density at radius 1 is 0.559 bits per heavy atom. The van der Waals surface area contributed by atoms with Crippen molar-refractivity contribution in [1.29, 1.82) is 0 Å². The molecular weight excluding hydrogens is 516 g/mol. The number of nitrogens with zero attached hydrogens (tertiary/aromatic N) is 6. The van der Waals surface area contributed by atoms with E-state index in [1.54, 1.807) is 0 Å². The molecule has 2 atom stereocenters. The van der Waals surface area contributed by atoms with Crippen LogP contribution < -0.4 is 0 Å². The summed E-state index contributed by atoms with van der Waals surface area (Å²) in [4.78, 5) is 4.43. The highest BCUT2D eigenvalue weighted by Crippen LogP contribution is 2.16. The van der Waals surface area contributed by atoms with Gasteiger partial charge >= 0.3 is 29.6 Å². The molecule has 14 nitrogen and oxygen atoms in total. The first kappa shape index (κ1) is 41.3. The molecule has 2 saturated heterocycles. The Hall–Kier alpha value is 0.120. The number of halogens is 4. The fourth-order valence-corrected chi connectivity index (χ4v) is 2.49. The third kappa shape index (κ3) is 30.2. The van der Waals surface area contributed by atoms with Crippen LogP contribution in [0.5, 0.6) is 0 Å². The molecule has 0 bridgehead atoms. The molecule has 2 unspecified atom stereocenters. The van der Waals surface area contributed by atoms with Crippen molar-refractivity contribution in [3.05, 3.63) is 0 Å². The lowest BCUT2D eigenvalue weighted by atomic mass is 10.3. The third-order valence-corrected chi connectivity index (χ3v) is 4.60. The number of hydrogen-bond acceptors (Lipinski definition) is 16. The zero-order valence-electron chi connectivity index (χ0n) is 19.5. The quantitative estimate of drug-likeness (QED) is 0.0806. The van der Waals surface area contributed by atoms with Crippen molar-refractivity contribution in [3.63, 3.8) is 0 Å². The second-order valence-corrected chi connectivity index (χ2v) is 7.12. The van der Waals surface area contributed by atoms with Crippen molar-refractivity contribution in [2.75, 3.05) is 41.5 Å². The molecule has 0 aromatic rings. The molecule has 2 aliphatic rings. The summed E-state index contributed by atoms with van der Waals surface area (Å²) in [5.74, 6) is 0. The molecule has 0 aromatic carbocycles. The Bertz CT molecular complexity index is 388. The first-order valence-corrected chi connectivity index (χ1v) is 9.78. The summed E-state index contributed by atoms with van der Waals surface area (Å²) in [7, 11) is -2.45. The topological polar surface area (TPSA) is 181 Å². The van der Waals surface area contributed by atoms with Crippen molar-refractivity contribution < 1.29 is 57.5 Å². The van der Waals surface area contributed by atoms with E-state index in [4.69, 9.17) is 40.2 Å². The molecule has 8 N–H and O–H groups in total. The van der Waals surface area contributed by atoms with E-state index < -0.39 is 29.6 Å². The van der Waals surface area contributed by atoms with Gasteiger partial charge in [0.05, 0.1) is 25.7 Å². The van der Waals surface area contributed by atoms with Crippen LogP contribution >= 0.6 is 25.6 Å². The molecule has 34 heavy (non-hydrogen) atoms. The monoisotopic (exact) mass is 550 g/mol. The molecule has 0 spiro atoms. The zero-order valence-corrected chi connectivity index (χ0v) is 21.3. The van der Waals surface area contributed by atoms with Crippen molar-refractivity contribution in [3.8, 4) is 0 Å². The molecule has 0 aliphatic carbocycles. The smallest absolute Gasteiger partial charge is 0.398 e.